The molecule has 0 bridgehead atoms. The van der Waals surface area contributed by atoms with Crippen molar-refractivity contribution in [2.24, 2.45) is 5.92 Å². The number of carbonyl (C=O) groups excluding carboxylic acids is 1. The molecule has 0 saturated heterocycles. The maximum atomic E-state index is 10.9. The summed E-state index contributed by atoms with van der Waals surface area (Å²) in [6.45, 7) is 2.07. The molecule has 18 heavy (non-hydrogen) atoms. The minimum Gasteiger partial charge on any atom is -0.450 e. The van der Waals surface area contributed by atoms with Gasteiger partial charge in [-0.05, 0) is 25.2 Å². The van der Waals surface area contributed by atoms with Crippen molar-refractivity contribution in [2.45, 2.75) is 64.0 Å². The summed E-state index contributed by atoms with van der Waals surface area (Å²) in [5.41, 5.74) is -0.771. The van der Waals surface area contributed by atoms with E-state index in [0.29, 0.717) is 12.8 Å². The highest BCUT2D eigenvalue weighted by atomic mass is 35.5. The van der Waals surface area contributed by atoms with Gasteiger partial charge in [0.2, 0.25) is 6.04 Å². The molecule has 1 aliphatic rings. The van der Waals surface area contributed by atoms with Crippen LogP contribution in [0, 0.1) is 16.0 Å². The zero-order valence-corrected chi connectivity index (χ0v) is 11.4. The Morgan fingerprint density at radius 2 is 2.06 bits per heavy atom. The van der Waals surface area contributed by atoms with E-state index in [1.807, 2.05) is 0 Å². The number of halogens is 1. The number of ether oxygens (including phenoxy) is 1. The van der Waals surface area contributed by atoms with E-state index < -0.39 is 11.5 Å². The fraction of sp³-hybridized carbons (Fsp3) is 0.917. The SMILES string of the molecule is CCCCC(OC(=O)Cl)C1CCC([N+](=O)[O-])CC1. The molecule has 1 fully saturated rings. The Hall–Kier alpha value is -0.840. The lowest BCUT2D eigenvalue weighted by Gasteiger charge is -2.30. The summed E-state index contributed by atoms with van der Waals surface area (Å²) in [5.74, 6) is 0.218. The first-order valence-electron chi connectivity index (χ1n) is 6.54. The molecule has 0 spiro atoms. The van der Waals surface area contributed by atoms with Gasteiger partial charge in [-0.3, -0.25) is 10.1 Å². The van der Waals surface area contributed by atoms with E-state index >= 15 is 0 Å². The minimum absolute atomic E-state index is 0.178. The molecule has 0 aliphatic heterocycles. The van der Waals surface area contributed by atoms with E-state index in [2.05, 4.69) is 6.92 Å². The van der Waals surface area contributed by atoms with E-state index in [4.69, 9.17) is 16.3 Å². The lowest BCUT2D eigenvalue weighted by Crippen LogP contribution is -2.33. The van der Waals surface area contributed by atoms with Crippen molar-refractivity contribution in [3.63, 3.8) is 0 Å². The molecule has 1 unspecified atom stereocenters. The molecule has 1 saturated carbocycles. The van der Waals surface area contributed by atoms with Crippen LogP contribution in [-0.4, -0.2) is 22.5 Å². The highest BCUT2D eigenvalue weighted by molar-refractivity contribution is 6.61. The Balaban J connectivity index is 2.48. The second kappa shape index (κ2) is 7.56. The van der Waals surface area contributed by atoms with Crippen molar-refractivity contribution in [3.8, 4) is 0 Å². The smallest absolute Gasteiger partial charge is 0.404 e. The Kier molecular flexibility index (Phi) is 6.39. The zero-order chi connectivity index (χ0) is 13.5. The fourth-order valence-electron chi connectivity index (χ4n) is 2.60. The Labute approximate surface area is 112 Å². The van der Waals surface area contributed by atoms with Crippen molar-refractivity contribution in [1.82, 2.24) is 0 Å². The molecule has 5 nitrogen and oxygen atoms in total. The first-order chi connectivity index (χ1) is 8.54. The molecule has 6 heteroatoms. The van der Waals surface area contributed by atoms with Crippen LogP contribution < -0.4 is 0 Å². The molecule has 1 atom stereocenters. The van der Waals surface area contributed by atoms with Crippen LogP contribution in [0.1, 0.15) is 51.9 Å². The molecule has 0 aromatic heterocycles. The van der Waals surface area contributed by atoms with Gasteiger partial charge in [0.05, 0.1) is 0 Å². The first-order valence-corrected chi connectivity index (χ1v) is 6.92. The summed E-state index contributed by atoms with van der Waals surface area (Å²) in [6.07, 6.45) is 5.24. The van der Waals surface area contributed by atoms with E-state index in [1.54, 1.807) is 0 Å². The van der Waals surface area contributed by atoms with E-state index in [0.717, 1.165) is 32.1 Å². The fourth-order valence-corrected chi connectivity index (χ4v) is 2.71. The third kappa shape index (κ3) is 4.80. The average Bonchev–Trinajstić information content (AvgIpc) is 2.34. The van der Waals surface area contributed by atoms with Crippen molar-refractivity contribution in [3.05, 3.63) is 10.1 Å². The van der Waals surface area contributed by atoms with Gasteiger partial charge in [0, 0.05) is 29.4 Å². The number of hydrogen-bond acceptors (Lipinski definition) is 4. The second-order valence-electron chi connectivity index (χ2n) is 4.89. The topological polar surface area (TPSA) is 69.4 Å². The Bertz CT molecular complexity index is 290. The standard InChI is InChI=1S/C12H20ClNO4/c1-2-3-4-11(18-12(13)15)9-5-7-10(8-6-9)14(16)17/h9-11H,2-8H2,1H3. The largest absolute Gasteiger partial charge is 0.450 e. The van der Waals surface area contributed by atoms with Gasteiger partial charge >= 0.3 is 5.43 Å². The summed E-state index contributed by atoms with van der Waals surface area (Å²) in [4.78, 5) is 21.3. The molecule has 1 rings (SSSR count). The summed E-state index contributed by atoms with van der Waals surface area (Å²) < 4.78 is 5.14. The summed E-state index contributed by atoms with van der Waals surface area (Å²) in [5, 5.41) is 10.7. The van der Waals surface area contributed by atoms with Crippen LogP contribution >= 0.6 is 11.6 Å². The number of carbonyl (C=O) groups is 1. The third-order valence-corrected chi connectivity index (χ3v) is 3.74. The Morgan fingerprint density at radius 1 is 1.44 bits per heavy atom. The van der Waals surface area contributed by atoms with Crippen molar-refractivity contribution >= 4 is 17.0 Å². The number of rotatable bonds is 6. The van der Waals surface area contributed by atoms with E-state index in [1.165, 1.54) is 0 Å². The van der Waals surface area contributed by atoms with Gasteiger partial charge in [-0.2, -0.15) is 0 Å². The molecule has 0 heterocycles. The molecule has 0 aromatic rings. The number of nitrogens with zero attached hydrogens (tertiary/aromatic N) is 1. The number of nitro groups is 1. The molecule has 0 amide bonds. The molecule has 0 N–H and O–H groups in total. The monoisotopic (exact) mass is 277 g/mol. The molecular weight excluding hydrogens is 258 g/mol. The van der Waals surface area contributed by atoms with Crippen LogP contribution in [0.4, 0.5) is 4.79 Å². The first kappa shape index (κ1) is 15.2. The summed E-state index contributed by atoms with van der Waals surface area (Å²) in [6, 6.07) is -0.431. The van der Waals surface area contributed by atoms with Gasteiger partial charge in [-0.25, -0.2) is 4.79 Å². The highest BCUT2D eigenvalue weighted by Crippen LogP contribution is 2.32. The predicted octanol–water partition coefficient (Wildman–Crippen LogP) is 3.76. The van der Waals surface area contributed by atoms with Gasteiger partial charge in [0.1, 0.15) is 6.10 Å². The lowest BCUT2D eigenvalue weighted by molar-refractivity contribution is -0.527. The quantitative estimate of drug-likeness (QED) is 0.421. The van der Waals surface area contributed by atoms with Gasteiger partial charge in [-0.1, -0.05) is 19.8 Å². The van der Waals surface area contributed by atoms with Crippen molar-refractivity contribution in [2.75, 3.05) is 0 Å². The van der Waals surface area contributed by atoms with Crippen molar-refractivity contribution < 1.29 is 14.5 Å². The molecular formula is C12H20ClNO4. The van der Waals surface area contributed by atoms with Gasteiger partial charge < -0.3 is 4.74 Å². The van der Waals surface area contributed by atoms with Crippen LogP contribution in [0.15, 0.2) is 0 Å². The van der Waals surface area contributed by atoms with Crippen LogP contribution in [-0.2, 0) is 4.74 Å². The zero-order valence-electron chi connectivity index (χ0n) is 10.6. The van der Waals surface area contributed by atoms with Gasteiger partial charge in [0.25, 0.3) is 0 Å². The normalized spacial score (nSPS) is 25.4. The number of unbranched alkanes of at least 4 members (excludes halogenated alkanes) is 1. The minimum atomic E-state index is -0.771. The average molecular weight is 278 g/mol. The van der Waals surface area contributed by atoms with Crippen LogP contribution in [0.3, 0.4) is 0 Å². The molecule has 1 aliphatic carbocycles. The highest BCUT2D eigenvalue weighted by Gasteiger charge is 2.33. The van der Waals surface area contributed by atoms with Gasteiger partial charge in [-0.15, -0.1) is 0 Å². The summed E-state index contributed by atoms with van der Waals surface area (Å²) >= 11 is 5.28. The van der Waals surface area contributed by atoms with Crippen molar-refractivity contribution in [1.29, 1.82) is 0 Å². The summed E-state index contributed by atoms with van der Waals surface area (Å²) in [7, 11) is 0. The predicted molar refractivity (Wildman–Crippen MR) is 68.4 cm³/mol. The Morgan fingerprint density at radius 3 is 2.50 bits per heavy atom. The van der Waals surface area contributed by atoms with Crippen LogP contribution in [0.2, 0.25) is 0 Å². The second-order valence-corrected chi connectivity index (χ2v) is 5.20. The third-order valence-electron chi connectivity index (χ3n) is 3.65. The molecule has 0 aromatic carbocycles. The lowest BCUT2D eigenvalue weighted by atomic mass is 9.81. The molecule has 0 radical (unpaired) electrons. The maximum absolute atomic E-state index is 10.9. The van der Waals surface area contributed by atoms with Gasteiger partial charge in [0.15, 0.2) is 0 Å². The maximum Gasteiger partial charge on any atom is 0.404 e. The van der Waals surface area contributed by atoms with E-state index in [-0.39, 0.29) is 16.9 Å². The number of hydrogen-bond donors (Lipinski definition) is 0. The van der Waals surface area contributed by atoms with Crippen LogP contribution in [0.25, 0.3) is 0 Å². The molecule has 104 valence electrons. The van der Waals surface area contributed by atoms with Crippen LogP contribution in [0.5, 0.6) is 0 Å². The van der Waals surface area contributed by atoms with E-state index in [9.17, 15) is 14.9 Å².